The van der Waals surface area contributed by atoms with Gasteiger partial charge in [0.2, 0.25) is 0 Å². The maximum Gasteiger partial charge on any atom is 0.152 e. The van der Waals surface area contributed by atoms with Gasteiger partial charge in [-0.2, -0.15) is 0 Å². The lowest BCUT2D eigenvalue weighted by Crippen LogP contribution is -2.48. The second-order valence-electron chi connectivity index (χ2n) is 5.55. The van der Waals surface area contributed by atoms with E-state index >= 15 is 0 Å². The number of hydrogen-bond donors (Lipinski definition) is 1. The smallest absolute Gasteiger partial charge is 0.152 e. The number of nitrogens with one attached hydrogen (secondary N) is 1. The summed E-state index contributed by atoms with van der Waals surface area (Å²) < 4.78 is 0. The quantitative estimate of drug-likeness (QED) is 0.835. The Morgan fingerprint density at radius 3 is 2.83 bits per heavy atom. The van der Waals surface area contributed by atoms with Crippen LogP contribution in [-0.2, 0) is 0 Å². The van der Waals surface area contributed by atoms with Crippen LogP contribution >= 0.6 is 11.6 Å². The third kappa shape index (κ3) is 2.78. The standard InChI is InChI=1S/C14H22ClN3/c1-9-5-6-16-14(15)13(9)17-12-7-11(3)18(4)8-10(12)2/h5-6,10-12,17H,7-8H2,1-4H3. The molecule has 0 aromatic carbocycles. The van der Waals surface area contributed by atoms with Gasteiger partial charge in [-0.1, -0.05) is 18.5 Å². The number of nitrogens with zero attached hydrogens (tertiary/aromatic N) is 2. The maximum absolute atomic E-state index is 6.18. The fourth-order valence-corrected chi connectivity index (χ4v) is 2.89. The van der Waals surface area contributed by atoms with Crippen LogP contribution < -0.4 is 5.32 Å². The largest absolute Gasteiger partial charge is 0.379 e. The second kappa shape index (κ2) is 5.45. The third-order valence-corrected chi connectivity index (χ3v) is 4.34. The number of halogens is 1. The van der Waals surface area contributed by atoms with E-state index in [4.69, 9.17) is 11.6 Å². The molecule has 3 nitrogen and oxygen atoms in total. The summed E-state index contributed by atoms with van der Waals surface area (Å²) in [5, 5.41) is 4.17. The van der Waals surface area contributed by atoms with Crippen molar-refractivity contribution in [1.82, 2.24) is 9.88 Å². The second-order valence-corrected chi connectivity index (χ2v) is 5.90. The van der Waals surface area contributed by atoms with Gasteiger partial charge >= 0.3 is 0 Å². The van der Waals surface area contributed by atoms with E-state index in [0.717, 1.165) is 24.2 Å². The molecule has 1 fully saturated rings. The Balaban J connectivity index is 2.14. The first-order valence-corrected chi connectivity index (χ1v) is 6.94. The maximum atomic E-state index is 6.18. The van der Waals surface area contributed by atoms with Crippen molar-refractivity contribution in [3.8, 4) is 0 Å². The van der Waals surface area contributed by atoms with Gasteiger partial charge in [0.05, 0.1) is 5.69 Å². The summed E-state index contributed by atoms with van der Waals surface area (Å²) in [6.45, 7) is 7.76. The lowest BCUT2D eigenvalue weighted by atomic mass is 9.89. The molecule has 1 saturated heterocycles. The van der Waals surface area contributed by atoms with Crippen molar-refractivity contribution >= 4 is 17.3 Å². The monoisotopic (exact) mass is 267 g/mol. The van der Waals surface area contributed by atoms with Crippen molar-refractivity contribution in [3.05, 3.63) is 23.0 Å². The fraction of sp³-hybridized carbons (Fsp3) is 0.643. The number of rotatable bonds is 2. The molecule has 0 spiro atoms. The van der Waals surface area contributed by atoms with Crippen LogP contribution in [0.5, 0.6) is 0 Å². The Morgan fingerprint density at radius 2 is 2.17 bits per heavy atom. The highest BCUT2D eigenvalue weighted by Crippen LogP contribution is 2.29. The van der Waals surface area contributed by atoms with Crippen LogP contribution in [-0.4, -0.2) is 35.6 Å². The Hall–Kier alpha value is -0.800. The predicted octanol–water partition coefficient (Wildman–Crippen LogP) is 3.18. The van der Waals surface area contributed by atoms with Gasteiger partial charge in [0.1, 0.15) is 0 Å². The predicted molar refractivity (Wildman–Crippen MR) is 77.3 cm³/mol. The number of likely N-dealkylation sites (tertiary alicyclic amines) is 1. The molecular formula is C14H22ClN3. The van der Waals surface area contributed by atoms with Crippen molar-refractivity contribution < 1.29 is 0 Å². The van der Waals surface area contributed by atoms with Crippen LogP contribution in [0, 0.1) is 12.8 Å². The molecule has 4 heteroatoms. The molecule has 1 aliphatic heterocycles. The van der Waals surface area contributed by atoms with Crippen molar-refractivity contribution in [2.45, 2.75) is 39.3 Å². The minimum absolute atomic E-state index is 0.469. The first-order chi connectivity index (χ1) is 8.49. The molecule has 0 amide bonds. The SMILES string of the molecule is Cc1ccnc(Cl)c1NC1CC(C)N(C)CC1C. The van der Waals surface area contributed by atoms with Gasteiger partial charge in [-0.05, 0) is 44.9 Å². The third-order valence-electron chi connectivity index (χ3n) is 4.05. The lowest BCUT2D eigenvalue weighted by Gasteiger charge is -2.40. The van der Waals surface area contributed by atoms with Gasteiger partial charge in [-0.3, -0.25) is 0 Å². The summed E-state index contributed by atoms with van der Waals surface area (Å²) in [6.07, 6.45) is 2.89. The molecule has 1 N–H and O–H groups in total. The molecule has 1 aromatic rings. The molecule has 2 rings (SSSR count). The molecule has 1 aliphatic rings. The Kier molecular flexibility index (Phi) is 4.13. The summed E-state index contributed by atoms with van der Waals surface area (Å²) in [5.41, 5.74) is 2.15. The van der Waals surface area contributed by atoms with Crippen molar-refractivity contribution in [2.24, 2.45) is 5.92 Å². The summed E-state index contributed by atoms with van der Waals surface area (Å²) >= 11 is 6.18. The molecule has 2 heterocycles. The number of anilines is 1. The zero-order chi connectivity index (χ0) is 13.3. The number of hydrogen-bond acceptors (Lipinski definition) is 3. The van der Waals surface area contributed by atoms with E-state index in [2.05, 4.69) is 43.0 Å². The van der Waals surface area contributed by atoms with Crippen LogP contribution in [0.25, 0.3) is 0 Å². The fourth-order valence-electron chi connectivity index (χ4n) is 2.63. The first-order valence-electron chi connectivity index (χ1n) is 6.57. The molecule has 0 bridgehead atoms. The average molecular weight is 268 g/mol. The Morgan fingerprint density at radius 1 is 1.44 bits per heavy atom. The molecule has 1 aromatic heterocycles. The van der Waals surface area contributed by atoms with Gasteiger partial charge in [0, 0.05) is 24.8 Å². The van der Waals surface area contributed by atoms with Crippen molar-refractivity contribution in [1.29, 1.82) is 0 Å². The molecule has 100 valence electrons. The zero-order valence-electron chi connectivity index (χ0n) is 11.6. The summed E-state index contributed by atoms with van der Waals surface area (Å²) in [5.74, 6) is 0.613. The molecule has 3 unspecified atom stereocenters. The topological polar surface area (TPSA) is 28.2 Å². The van der Waals surface area contributed by atoms with Gasteiger partial charge in [0.15, 0.2) is 5.15 Å². The van der Waals surface area contributed by atoms with Gasteiger partial charge in [0.25, 0.3) is 0 Å². The summed E-state index contributed by atoms with van der Waals surface area (Å²) in [4.78, 5) is 6.57. The zero-order valence-corrected chi connectivity index (χ0v) is 12.3. The highest BCUT2D eigenvalue weighted by molar-refractivity contribution is 6.32. The highest BCUT2D eigenvalue weighted by Gasteiger charge is 2.29. The number of aromatic nitrogens is 1. The van der Waals surface area contributed by atoms with E-state index in [-0.39, 0.29) is 0 Å². The number of aryl methyl sites for hydroxylation is 1. The first kappa shape index (κ1) is 13.6. The van der Waals surface area contributed by atoms with Gasteiger partial charge in [-0.25, -0.2) is 4.98 Å². The van der Waals surface area contributed by atoms with Crippen LogP contribution in [0.15, 0.2) is 12.3 Å². The average Bonchev–Trinajstić information content (AvgIpc) is 2.30. The van der Waals surface area contributed by atoms with E-state index in [1.807, 2.05) is 6.07 Å². The van der Waals surface area contributed by atoms with Crippen LogP contribution in [0.2, 0.25) is 5.15 Å². The number of pyridine rings is 1. The Bertz CT molecular complexity index is 401. The molecule has 0 aliphatic carbocycles. The summed E-state index contributed by atoms with van der Waals surface area (Å²) in [6, 6.07) is 3.07. The van der Waals surface area contributed by atoms with E-state index < -0.39 is 0 Å². The van der Waals surface area contributed by atoms with Crippen LogP contribution in [0.3, 0.4) is 0 Å². The minimum atomic E-state index is 0.469. The van der Waals surface area contributed by atoms with E-state index in [0.29, 0.717) is 23.2 Å². The highest BCUT2D eigenvalue weighted by atomic mass is 35.5. The van der Waals surface area contributed by atoms with Crippen molar-refractivity contribution in [3.63, 3.8) is 0 Å². The molecule has 0 radical (unpaired) electrons. The van der Waals surface area contributed by atoms with Gasteiger partial charge < -0.3 is 10.2 Å². The van der Waals surface area contributed by atoms with E-state index in [1.54, 1.807) is 6.20 Å². The minimum Gasteiger partial charge on any atom is -0.379 e. The molecular weight excluding hydrogens is 246 g/mol. The van der Waals surface area contributed by atoms with E-state index in [1.165, 1.54) is 0 Å². The molecule has 18 heavy (non-hydrogen) atoms. The van der Waals surface area contributed by atoms with Crippen LogP contribution in [0.1, 0.15) is 25.8 Å². The normalized spacial score (nSPS) is 29.3. The van der Waals surface area contributed by atoms with Gasteiger partial charge in [-0.15, -0.1) is 0 Å². The summed E-state index contributed by atoms with van der Waals surface area (Å²) in [7, 11) is 2.19. The molecule has 0 saturated carbocycles. The Labute approximate surface area is 115 Å². The van der Waals surface area contributed by atoms with Crippen LogP contribution in [0.4, 0.5) is 5.69 Å². The molecule has 3 atom stereocenters. The lowest BCUT2D eigenvalue weighted by molar-refractivity contribution is 0.145. The number of piperidine rings is 1. The van der Waals surface area contributed by atoms with E-state index in [9.17, 15) is 0 Å². The van der Waals surface area contributed by atoms with Crippen molar-refractivity contribution in [2.75, 3.05) is 18.9 Å².